The van der Waals surface area contributed by atoms with E-state index in [4.69, 9.17) is 0 Å². The Hall–Kier alpha value is -1.06. The van der Waals surface area contributed by atoms with Crippen molar-refractivity contribution in [1.29, 1.82) is 0 Å². The normalized spacial score (nSPS) is 38.2. The Labute approximate surface area is 121 Å². The molecule has 0 aromatic carbocycles. The third-order valence-electron chi connectivity index (χ3n) is 5.45. The van der Waals surface area contributed by atoms with Gasteiger partial charge in [0.05, 0.1) is 11.8 Å². The summed E-state index contributed by atoms with van der Waals surface area (Å²) in [6, 6.07) is 0.225. The molecule has 20 heavy (non-hydrogen) atoms. The molecule has 2 saturated carbocycles. The van der Waals surface area contributed by atoms with Gasteiger partial charge in [-0.2, -0.15) is 0 Å². The lowest BCUT2D eigenvalue weighted by Crippen LogP contribution is -2.48. The highest BCUT2D eigenvalue weighted by Gasteiger charge is 2.37. The van der Waals surface area contributed by atoms with Crippen molar-refractivity contribution in [3.8, 4) is 0 Å². The summed E-state index contributed by atoms with van der Waals surface area (Å²) < 4.78 is 0. The number of rotatable bonds is 3. The van der Waals surface area contributed by atoms with E-state index in [0.29, 0.717) is 18.3 Å². The van der Waals surface area contributed by atoms with E-state index in [0.717, 1.165) is 32.1 Å². The SMILES string of the molecule is C[C@H]1[C@@H](NC(=O)[C@@H]2CCCC[C@@H]2C(=O)O)CCC[C@@H]1C. The fraction of sp³-hybridized carbons (Fsp3) is 0.875. The molecule has 1 amide bonds. The molecule has 0 unspecified atom stereocenters. The van der Waals surface area contributed by atoms with E-state index < -0.39 is 11.9 Å². The van der Waals surface area contributed by atoms with Crippen molar-refractivity contribution < 1.29 is 14.7 Å². The van der Waals surface area contributed by atoms with Gasteiger partial charge in [-0.05, 0) is 31.1 Å². The number of carbonyl (C=O) groups excluding carboxylic acids is 1. The maximum Gasteiger partial charge on any atom is 0.307 e. The van der Waals surface area contributed by atoms with Crippen molar-refractivity contribution in [2.75, 3.05) is 0 Å². The molecule has 114 valence electrons. The van der Waals surface area contributed by atoms with Crippen molar-refractivity contribution in [3.63, 3.8) is 0 Å². The first-order chi connectivity index (χ1) is 9.50. The largest absolute Gasteiger partial charge is 0.481 e. The quantitative estimate of drug-likeness (QED) is 0.836. The maximum absolute atomic E-state index is 12.5. The van der Waals surface area contributed by atoms with Crippen LogP contribution in [0.5, 0.6) is 0 Å². The lowest BCUT2D eigenvalue weighted by atomic mass is 9.76. The first-order valence-electron chi connectivity index (χ1n) is 8.04. The summed E-state index contributed by atoms with van der Waals surface area (Å²) in [6.45, 7) is 4.44. The Kier molecular flexibility index (Phi) is 5.06. The van der Waals surface area contributed by atoms with Gasteiger partial charge in [-0.3, -0.25) is 9.59 Å². The van der Waals surface area contributed by atoms with Gasteiger partial charge in [-0.1, -0.05) is 39.5 Å². The Bertz CT molecular complexity index is 369. The number of carbonyl (C=O) groups is 2. The van der Waals surface area contributed by atoms with Crippen LogP contribution < -0.4 is 5.32 Å². The van der Waals surface area contributed by atoms with Gasteiger partial charge in [0.2, 0.25) is 5.91 Å². The zero-order valence-electron chi connectivity index (χ0n) is 12.6. The van der Waals surface area contributed by atoms with E-state index in [9.17, 15) is 14.7 Å². The zero-order valence-corrected chi connectivity index (χ0v) is 12.6. The summed E-state index contributed by atoms with van der Waals surface area (Å²) in [4.78, 5) is 23.8. The van der Waals surface area contributed by atoms with Crippen LogP contribution in [0, 0.1) is 23.7 Å². The van der Waals surface area contributed by atoms with E-state index in [1.807, 2.05) is 0 Å². The van der Waals surface area contributed by atoms with Crippen molar-refractivity contribution >= 4 is 11.9 Å². The van der Waals surface area contributed by atoms with Crippen LogP contribution in [0.2, 0.25) is 0 Å². The summed E-state index contributed by atoms with van der Waals surface area (Å²) in [5.41, 5.74) is 0. The van der Waals surface area contributed by atoms with Gasteiger partial charge in [-0.25, -0.2) is 0 Å². The van der Waals surface area contributed by atoms with Crippen LogP contribution >= 0.6 is 0 Å². The minimum absolute atomic E-state index is 0.0250. The standard InChI is InChI=1S/C16H27NO3/c1-10-6-5-9-14(11(10)2)17-15(18)12-7-3-4-8-13(12)16(19)20/h10-14H,3-9H2,1-2H3,(H,17,18)(H,19,20)/t10-,11+,12+,13-,14-/m0/s1. The third-order valence-corrected chi connectivity index (χ3v) is 5.45. The highest BCUT2D eigenvalue weighted by atomic mass is 16.4. The Balaban J connectivity index is 1.97. The van der Waals surface area contributed by atoms with Crippen molar-refractivity contribution in [2.45, 2.75) is 64.8 Å². The first kappa shape index (κ1) is 15.3. The van der Waals surface area contributed by atoms with Crippen molar-refractivity contribution in [1.82, 2.24) is 5.32 Å². The molecule has 2 N–H and O–H groups in total. The summed E-state index contributed by atoms with van der Waals surface area (Å²) in [5, 5.41) is 12.4. The van der Waals surface area contributed by atoms with E-state index in [-0.39, 0.29) is 17.9 Å². The summed E-state index contributed by atoms with van der Waals surface area (Å²) >= 11 is 0. The molecule has 5 atom stereocenters. The number of carboxylic acids is 1. The second-order valence-electron chi connectivity index (χ2n) is 6.72. The van der Waals surface area contributed by atoms with Gasteiger partial charge in [0.25, 0.3) is 0 Å². The summed E-state index contributed by atoms with van der Waals surface area (Å²) in [6.07, 6.45) is 6.68. The molecule has 2 aliphatic carbocycles. The molecule has 2 fully saturated rings. The topological polar surface area (TPSA) is 66.4 Å². The lowest BCUT2D eigenvalue weighted by Gasteiger charge is -2.36. The van der Waals surface area contributed by atoms with E-state index in [1.165, 1.54) is 6.42 Å². The van der Waals surface area contributed by atoms with Crippen LogP contribution in [0.3, 0.4) is 0 Å². The van der Waals surface area contributed by atoms with Crippen LogP contribution in [0.1, 0.15) is 58.8 Å². The molecule has 4 heteroatoms. The second-order valence-corrected chi connectivity index (χ2v) is 6.72. The molecule has 0 saturated heterocycles. The molecular weight excluding hydrogens is 254 g/mol. The average Bonchev–Trinajstić information content (AvgIpc) is 2.43. The molecule has 0 bridgehead atoms. The monoisotopic (exact) mass is 281 g/mol. The number of aliphatic carboxylic acids is 1. The average molecular weight is 281 g/mol. The van der Waals surface area contributed by atoms with Crippen LogP contribution in [-0.4, -0.2) is 23.0 Å². The van der Waals surface area contributed by atoms with E-state index in [1.54, 1.807) is 0 Å². The highest BCUT2D eigenvalue weighted by molar-refractivity contribution is 5.85. The van der Waals surface area contributed by atoms with Gasteiger partial charge < -0.3 is 10.4 Å². The van der Waals surface area contributed by atoms with Gasteiger partial charge in [0.15, 0.2) is 0 Å². The van der Waals surface area contributed by atoms with Gasteiger partial charge in [0, 0.05) is 6.04 Å². The first-order valence-corrected chi connectivity index (χ1v) is 8.04. The van der Waals surface area contributed by atoms with Crippen LogP contribution in [-0.2, 0) is 9.59 Å². The number of hydrogen-bond donors (Lipinski definition) is 2. The molecule has 2 aliphatic rings. The molecule has 0 radical (unpaired) electrons. The molecule has 0 aromatic rings. The number of amides is 1. The minimum atomic E-state index is -0.810. The third kappa shape index (κ3) is 3.33. The van der Waals surface area contributed by atoms with Crippen molar-refractivity contribution in [3.05, 3.63) is 0 Å². The van der Waals surface area contributed by atoms with Crippen LogP contribution in [0.25, 0.3) is 0 Å². The molecule has 0 spiro atoms. The van der Waals surface area contributed by atoms with Crippen molar-refractivity contribution in [2.24, 2.45) is 23.7 Å². The van der Waals surface area contributed by atoms with Gasteiger partial charge >= 0.3 is 5.97 Å². The Morgan fingerprint density at radius 2 is 1.60 bits per heavy atom. The molecular formula is C16H27NO3. The number of nitrogens with one attached hydrogen (secondary N) is 1. The van der Waals surface area contributed by atoms with E-state index in [2.05, 4.69) is 19.2 Å². The number of carboxylic acid groups (broad SMARTS) is 1. The molecule has 0 aliphatic heterocycles. The molecule has 4 nitrogen and oxygen atoms in total. The Morgan fingerprint density at radius 1 is 0.950 bits per heavy atom. The predicted molar refractivity (Wildman–Crippen MR) is 77.2 cm³/mol. The second kappa shape index (κ2) is 6.59. The minimum Gasteiger partial charge on any atom is -0.481 e. The van der Waals surface area contributed by atoms with Crippen LogP contribution in [0.15, 0.2) is 0 Å². The summed E-state index contributed by atoms with van der Waals surface area (Å²) in [5.74, 6) is -0.529. The van der Waals surface area contributed by atoms with Gasteiger partial charge in [0.1, 0.15) is 0 Å². The van der Waals surface area contributed by atoms with E-state index >= 15 is 0 Å². The van der Waals surface area contributed by atoms with Crippen LogP contribution in [0.4, 0.5) is 0 Å². The zero-order chi connectivity index (χ0) is 14.7. The predicted octanol–water partition coefficient (Wildman–Crippen LogP) is 2.82. The summed E-state index contributed by atoms with van der Waals surface area (Å²) in [7, 11) is 0. The smallest absolute Gasteiger partial charge is 0.307 e. The number of hydrogen-bond acceptors (Lipinski definition) is 2. The fourth-order valence-corrected chi connectivity index (χ4v) is 3.82. The molecule has 2 rings (SSSR count). The highest BCUT2D eigenvalue weighted by Crippen LogP contribution is 2.33. The Morgan fingerprint density at radius 3 is 2.25 bits per heavy atom. The maximum atomic E-state index is 12.5. The molecule has 0 aromatic heterocycles. The van der Waals surface area contributed by atoms with Gasteiger partial charge in [-0.15, -0.1) is 0 Å². The lowest BCUT2D eigenvalue weighted by molar-refractivity contribution is -0.149. The molecule has 0 heterocycles. The fourth-order valence-electron chi connectivity index (χ4n) is 3.82.